The van der Waals surface area contributed by atoms with Crippen molar-refractivity contribution in [2.75, 3.05) is 13.7 Å². The van der Waals surface area contributed by atoms with Crippen LogP contribution in [0.3, 0.4) is 0 Å². The van der Waals surface area contributed by atoms with Crippen molar-refractivity contribution in [3.8, 4) is 0 Å². The standard InChI is InChI=1S/C23H34O7/c1-12-8-17-22(27,18(12)26)10-15(11-24)9-16-20(4,5)21(6,30-14(3)25)19(29-7)13(2)23(16,17)28/h8-9,13,16-17,19,24,27-28H,10-11H2,1-7H3/t13-,16+,17-,19-,21-,22-,23-/m1/s1. The second-order valence-corrected chi connectivity index (χ2v) is 9.97. The van der Waals surface area contributed by atoms with Gasteiger partial charge in [-0.05, 0) is 25.0 Å². The highest BCUT2D eigenvalue weighted by molar-refractivity contribution is 6.04. The van der Waals surface area contributed by atoms with Crippen LogP contribution in [0.1, 0.15) is 48.0 Å². The molecule has 0 aromatic carbocycles. The van der Waals surface area contributed by atoms with Gasteiger partial charge in [0.25, 0.3) is 0 Å². The Kier molecular flexibility index (Phi) is 5.39. The molecule has 0 aromatic heterocycles. The fourth-order valence-electron chi connectivity index (χ4n) is 6.39. The van der Waals surface area contributed by atoms with Gasteiger partial charge in [0.05, 0.1) is 12.2 Å². The Morgan fingerprint density at radius 1 is 1.20 bits per heavy atom. The number of ether oxygens (including phenoxy) is 2. The first-order valence-electron chi connectivity index (χ1n) is 10.4. The first kappa shape index (κ1) is 23.1. The van der Waals surface area contributed by atoms with Gasteiger partial charge in [0, 0.05) is 43.6 Å². The molecule has 0 unspecified atom stereocenters. The largest absolute Gasteiger partial charge is 0.456 e. The summed E-state index contributed by atoms with van der Waals surface area (Å²) in [4.78, 5) is 25.0. The van der Waals surface area contributed by atoms with Gasteiger partial charge in [-0.2, -0.15) is 0 Å². The molecule has 168 valence electrons. The molecule has 7 atom stereocenters. The minimum atomic E-state index is -1.85. The van der Waals surface area contributed by atoms with E-state index in [0.717, 1.165) is 0 Å². The Bertz CT molecular complexity index is 827. The summed E-state index contributed by atoms with van der Waals surface area (Å²) >= 11 is 0. The molecule has 1 fully saturated rings. The molecule has 1 saturated carbocycles. The molecular weight excluding hydrogens is 388 g/mol. The van der Waals surface area contributed by atoms with Crippen molar-refractivity contribution in [2.24, 2.45) is 23.2 Å². The van der Waals surface area contributed by atoms with E-state index in [0.29, 0.717) is 11.1 Å². The predicted octanol–water partition coefficient (Wildman–Crippen LogP) is 1.55. The molecule has 0 aliphatic heterocycles. The maximum absolute atomic E-state index is 12.9. The smallest absolute Gasteiger partial charge is 0.303 e. The van der Waals surface area contributed by atoms with E-state index in [-0.39, 0.29) is 13.0 Å². The van der Waals surface area contributed by atoms with Crippen molar-refractivity contribution < 1.29 is 34.4 Å². The van der Waals surface area contributed by atoms with Crippen molar-refractivity contribution in [1.82, 2.24) is 0 Å². The second-order valence-electron chi connectivity index (χ2n) is 9.97. The number of rotatable bonds is 3. The minimum absolute atomic E-state index is 0.0651. The lowest BCUT2D eigenvalue weighted by atomic mass is 9.47. The Morgan fingerprint density at radius 3 is 2.30 bits per heavy atom. The van der Waals surface area contributed by atoms with Crippen LogP contribution in [-0.2, 0) is 19.1 Å². The van der Waals surface area contributed by atoms with Gasteiger partial charge in [-0.1, -0.05) is 32.9 Å². The van der Waals surface area contributed by atoms with Gasteiger partial charge in [0.15, 0.2) is 5.78 Å². The minimum Gasteiger partial charge on any atom is -0.456 e. The van der Waals surface area contributed by atoms with Crippen molar-refractivity contribution in [3.05, 3.63) is 23.3 Å². The Balaban J connectivity index is 2.32. The molecule has 7 nitrogen and oxygen atoms in total. The van der Waals surface area contributed by atoms with Crippen molar-refractivity contribution in [1.29, 1.82) is 0 Å². The number of esters is 1. The SMILES string of the molecule is CO[C@@H]1[C@@H](C)[C@@]2(O)[C@@H](C=C(CO)C[C@]3(O)C(=O)C(C)=C[C@@H]23)C(C)(C)[C@]1(C)OC(C)=O. The Morgan fingerprint density at radius 2 is 1.80 bits per heavy atom. The summed E-state index contributed by atoms with van der Waals surface area (Å²) in [5.74, 6) is -3.03. The fourth-order valence-corrected chi connectivity index (χ4v) is 6.39. The summed E-state index contributed by atoms with van der Waals surface area (Å²) in [5.41, 5.74) is -4.53. The first-order valence-corrected chi connectivity index (χ1v) is 10.4. The van der Waals surface area contributed by atoms with Gasteiger partial charge >= 0.3 is 5.97 Å². The first-order chi connectivity index (χ1) is 13.7. The monoisotopic (exact) mass is 422 g/mol. The molecule has 0 amide bonds. The number of carbonyl (C=O) groups is 2. The van der Waals surface area contributed by atoms with Crippen LogP contribution in [-0.4, -0.2) is 63.7 Å². The number of fused-ring (bicyclic) bond motifs is 3. The van der Waals surface area contributed by atoms with Crippen LogP contribution >= 0.6 is 0 Å². The number of Topliss-reactive ketones (excluding diaryl/α,β-unsaturated/α-hetero) is 1. The molecule has 0 radical (unpaired) electrons. The number of aliphatic hydroxyl groups excluding tert-OH is 1. The highest BCUT2D eigenvalue weighted by Gasteiger charge is 2.73. The van der Waals surface area contributed by atoms with Gasteiger partial charge in [-0.15, -0.1) is 0 Å². The summed E-state index contributed by atoms with van der Waals surface area (Å²) < 4.78 is 11.6. The molecule has 3 rings (SSSR count). The molecular formula is C23H34O7. The maximum atomic E-state index is 12.9. The predicted molar refractivity (Wildman–Crippen MR) is 109 cm³/mol. The lowest BCUT2D eigenvalue weighted by Gasteiger charge is -2.64. The van der Waals surface area contributed by atoms with E-state index in [1.54, 1.807) is 32.9 Å². The van der Waals surface area contributed by atoms with E-state index in [2.05, 4.69) is 0 Å². The van der Waals surface area contributed by atoms with Crippen LogP contribution in [0.25, 0.3) is 0 Å². The van der Waals surface area contributed by atoms with Crippen LogP contribution < -0.4 is 0 Å². The Labute approximate surface area is 177 Å². The third-order valence-corrected chi connectivity index (χ3v) is 8.17. The third-order valence-electron chi connectivity index (χ3n) is 8.17. The zero-order valence-corrected chi connectivity index (χ0v) is 18.9. The van der Waals surface area contributed by atoms with Crippen LogP contribution in [0.15, 0.2) is 23.3 Å². The molecule has 0 saturated heterocycles. The molecule has 3 aliphatic rings. The van der Waals surface area contributed by atoms with E-state index < -0.39 is 57.8 Å². The highest BCUT2D eigenvalue weighted by Crippen LogP contribution is 2.63. The summed E-state index contributed by atoms with van der Waals surface area (Å²) in [6.07, 6.45) is 2.65. The summed E-state index contributed by atoms with van der Waals surface area (Å²) in [6, 6.07) is 0. The van der Waals surface area contributed by atoms with Gasteiger partial charge < -0.3 is 24.8 Å². The highest BCUT2D eigenvalue weighted by atomic mass is 16.6. The van der Waals surface area contributed by atoms with Crippen molar-refractivity contribution in [3.63, 3.8) is 0 Å². The summed E-state index contributed by atoms with van der Waals surface area (Å²) in [7, 11) is 1.50. The molecule has 3 N–H and O–H groups in total. The van der Waals surface area contributed by atoms with E-state index in [9.17, 15) is 24.9 Å². The third kappa shape index (κ3) is 2.72. The molecule has 7 heteroatoms. The van der Waals surface area contributed by atoms with E-state index in [4.69, 9.17) is 9.47 Å². The lowest BCUT2D eigenvalue weighted by Crippen LogP contribution is -2.74. The molecule has 0 aromatic rings. The van der Waals surface area contributed by atoms with Crippen molar-refractivity contribution in [2.45, 2.75) is 70.9 Å². The van der Waals surface area contributed by atoms with Crippen LogP contribution in [0, 0.1) is 23.2 Å². The average Bonchev–Trinajstić information content (AvgIpc) is 2.80. The number of carbonyl (C=O) groups excluding carboxylic acids is 2. The topological polar surface area (TPSA) is 113 Å². The lowest BCUT2D eigenvalue weighted by molar-refractivity contribution is -0.290. The number of aliphatic hydroxyl groups is 3. The van der Waals surface area contributed by atoms with Crippen molar-refractivity contribution >= 4 is 11.8 Å². The van der Waals surface area contributed by atoms with E-state index >= 15 is 0 Å². The van der Waals surface area contributed by atoms with Gasteiger partial charge in [-0.25, -0.2) is 0 Å². The van der Waals surface area contributed by atoms with Gasteiger partial charge in [0.1, 0.15) is 17.3 Å². The number of hydrogen-bond acceptors (Lipinski definition) is 7. The molecule has 0 bridgehead atoms. The second kappa shape index (κ2) is 6.99. The number of hydrogen-bond donors (Lipinski definition) is 3. The van der Waals surface area contributed by atoms with Gasteiger partial charge in [-0.3, -0.25) is 9.59 Å². The number of methoxy groups -OCH3 is 1. The normalized spacial score (nSPS) is 45.1. The maximum Gasteiger partial charge on any atom is 0.303 e. The Hall–Kier alpha value is -1.54. The summed E-state index contributed by atoms with van der Waals surface area (Å²) in [6.45, 7) is 9.97. The average molecular weight is 423 g/mol. The zero-order valence-electron chi connectivity index (χ0n) is 18.9. The summed E-state index contributed by atoms with van der Waals surface area (Å²) in [5, 5.41) is 33.8. The van der Waals surface area contributed by atoms with E-state index in [1.807, 2.05) is 13.8 Å². The molecule has 0 heterocycles. The van der Waals surface area contributed by atoms with Crippen LogP contribution in [0.4, 0.5) is 0 Å². The zero-order chi connectivity index (χ0) is 22.9. The molecule has 3 aliphatic carbocycles. The quantitative estimate of drug-likeness (QED) is 0.467. The van der Waals surface area contributed by atoms with Crippen LogP contribution in [0.5, 0.6) is 0 Å². The molecule has 30 heavy (non-hydrogen) atoms. The fraction of sp³-hybridized carbons (Fsp3) is 0.739. The van der Waals surface area contributed by atoms with E-state index in [1.165, 1.54) is 14.0 Å². The van der Waals surface area contributed by atoms with Crippen LogP contribution in [0.2, 0.25) is 0 Å². The molecule has 0 spiro atoms. The number of ketones is 1. The van der Waals surface area contributed by atoms with Gasteiger partial charge in [0.2, 0.25) is 0 Å².